The molecule has 1 rings (SSSR count). The van der Waals surface area contributed by atoms with Gasteiger partial charge in [-0.2, -0.15) is 0 Å². The Balaban J connectivity index is 2.35. The third kappa shape index (κ3) is 3.42. The monoisotopic (exact) mass is 207 g/mol. The van der Waals surface area contributed by atoms with Crippen molar-refractivity contribution in [3.8, 4) is 0 Å². The number of nitrogens with zero attached hydrogens (tertiary/aromatic N) is 1. The second-order valence-corrected chi connectivity index (χ2v) is 4.88. The van der Waals surface area contributed by atoms with Crippen molar-refractivity contribution in [1.82, 2.24) is 15.3 Å². The number of H-pyrrole nitrogens is 1. The van der Waals surface area contributed by atoms with Crippen LogP contribution in [0.5, 0.6) is 0 Å². The Hall–Kier alpha value is -1.25. The van der Waals surface area contributed by atoms with Crippen molar-refractivity contribution < 1.29 is 0 Å². The van der Waals surface area contributed by atoms with Crippen molar-refractivity contribution >= 4 is 0 Å². The Morgan fingerprint density at radius 2 is 2.20 bits per heavy atom. The summed E-state index contributed by atoms with van der Waals surface area (Å²) in [5.41, 5.74) is 3.48. The molecule has 0 atom stereocenters. The molecule has 1 aromatic rings. The summed E-state index contributed by atoms with van der Waals surface area (Å²) >= 11 is 0. The lowest BCUT2D eigenvalue weighted by Crippen LogP contribution is -2.25. The highest BCUT2D eigenvalue weighted by molar-refractivity contribution is 5.10. The van der Waals surface area contributed by atoms with Crippen LogP contribution in [0.3, 0.4) is 0 Å². The van der Waals surface area contributed by atoms with Crippen LogP contribution in [0.2, 0.25) is 0 Å². The lowest BCUT2D eigenvalue weighted by molar-refractivity contribution is 0.462. The maximum absolute atomic E-state index is 4.25. The molecule has 0 amide bonds. The van der Waals surface area contributed by atoms with Gasteiger partial charge in [0, 0.05) is 29.8 Å². The second-order valence-electron chi connectivity index (χ2n) is 4.88. The van der Waals surface area contributed by atoms with Gasteiger partial charge in [0.15, 0.2) is 0 Å². The van der Waals surface area contributed by atoms with E-state index >= 15 is 0 Å². The minimum atomic E-state index is 0.126. The summed E-state index contributed by atoms with van der Waals surface area (Å²) in [7, 11) is 0. The molecule has 0 saturated carbocycles. The molecule has 0 bridgehead atoms. The first kappa shape index (κ1) is 11.8. The van der Waals surface area contributed by atoms with Gasteiger partial charge in [0.1, 0.15) is 0 Å². The molecular weight excluding hydrogens is 186 g/mol. The van der Waals surface area contributed by atoms with Crippen molar-refractivity contribution in [1.29, 1.82) is 0 Å². The van der Waals surface area contributed by atoms with Crippen LogP contribution in [0.1, 0.15) is 32.2 Å². The summed E-state index contributed by atoms with van der Waals surface area (Å²) in [6, 6.07) is 0. The minimum Gasteiger partial charge on any atom is -0.388 e. The van der Waals surface area contributed by atoms with Crippen molar-refractivity contribution in [2.24, 2.45) is 5.41 Å². The Morgan fingerprint density at radius 1 is 1.53 bits per heavy atom. The van der Waals surface area contributed by atoms with Gasteiger partial charge in [0.25, 0.3) is 0 Å². The molecule has 0 aromatic carbocycles. The van der Waals surface area contributed by atoms with Gasteiger partial charge in [-0.3, -0.25) is 0 Å². The highest BCUT2D eigenvalue weighted by Crippen LogP contribution is 2.20. The van der Waals surface area contributed by atoms with E-state index in [0.29, 0.717) is 0 Å². The molecule has 3 heteroatoms. The van der Waals surface area contributed by atoms with E-state index in [1.54, 1.807) is 6.33 Å². The summed E-state index contributed by atoms with van der Waals surface area (Å²) < 4.78 is 0. The number of aryl methyl sites for hydroxylation is 1. The summed E-state index contributed by atoms with van der Waals surface area (Å²) in [5.74, 6) is 0. The number of allylic oxidation sites excluding steroid dienone is 1. The Bertz CT molecular complexity index is 331. The number of imidazole rings is 1. The molecule has 1 aromatic heterocycles. The Morgan fingerprint density at radius 3 is 2.67 bits per heavy atom. The molecular formula is C12H21N3. The molecule has 3 nitrogen and oxygen atoms in total. The fourth-order valence-corrected chi connectivity index (χ4v) is 1.24. The quantitative estimate of drug-likeness (QED) is 0.796. The van der Waals surface area contributed by atoms with E-state index in [2.05, 4.69) is 42.6 Å². The average molecular weight is 207 g/mol. The molecule has 0 aliphatic rings. The molecule has 0 aliphatic carbocycles. The van der Waals surface area contributed by atoms with Crippen LogP contribution in [-0.4, -0.2) is 16.5 Å². The average Bonchev–Trinajstić information content (AvgIpc) is 2.50. The molecule has 0 fully saturated rings. The van der Waals surface area contributed by atoms with E-state index in [0.717, 1.165) is 30.1 Å². The van der Waals surface area contributed by atoms with Crippen LogP contribution < -0.4 is 5.32 Å². The Kier molecular flexibility index (Phi) is 3.56. The van der Waals surface area contributed by atoms with Gasteiger partial charge in [-0.05, 0) is 6.92 Å². The molecule has 1 heterocycles. The maximum atomic E-state index is 4.25. The number of nitrogens with one attached hydrogen (secondary N) is 2. The van der Waals surface area contributed by atoms with Gasteiger partial charge in [-0.15, -0.1) is 0 Å². The molecule has 15 heavy (non-hydrogen) atoms. The third-order valence-electron chi connectivity index (χ3n) is 2.54. The molecule has 0 aliphatic heterocycles. The number of rotatable bonds is 4. The minimum absolute atomic E-state index is 0.126. The number of hydrogen-bond acceptors (Lipinski definition) is 2. The highest BCUT2D eigenvalue weighted by atomic mass is 14.9. The standard InChI is InChI=1S/C12H21N3/c1-9-11(15-8-14-9)6-7-13-10(2)12(3,4)5/h8,13H,2,6-7H2,1,3-5H3,(H,14,15). The van der Waals surface area contributed by atoms with E-state index in [1.165, 1.54) is 0 Å². The van der Waals surface area contributed by atoms with Gasteiger partial charge in [0.2, 0.25) is 0 Å². The van der Waals surface area contributed by atoms with Crippen molar-refractivity contribution in [2.75, 3.05) is 6.54 Å². The number of hydrogen-bond donors (Lipinski definition) is 2. The fourth-order valence-electron chi connectivity index (χ4n) is 1.24. The van der Waals surface area contributed by atoms with Crippen LogP contribution in [0, 0.1) is 12.3 Å². The van der Waals surface area contributed by atoms with E-state index < -0.39 is 0 Å². The topological polar surface area (TPSA) is 40.7 Å². The predicted octanol–water partition coefficient (Wildman–Crippen LogP) is 2.41. The van der Waals surface area contributed by atoms with Gasteiger partial charge in [-0.25, -0.2) is 4.98 Å². The van der Waals surface area contributed by atoms with Crippen molar-refractivity contribution in [2.45, 2.75) is 34.1 Å². The highest BCUT2D eigenvalue weighted by Gasteiger charge is 2.14. The first-order chi connectivity index (χ1) is 6.91. The largest absolute Gasteiger partial charge is 0.388 e. The summed E-state index contributed by atoms with van der Waals surface area (Å²) in [6.45, 7) is 13.4. The zero-order valence-corrected chi connectivity index (χ0v) is 10.1. The van der Waals surface area contributed by atoms with Crippen LogP contribution in [-0.2, 0) is 6.42 Å². The lowest BCUT2D eigenvalue weighted by atomic mass is 9.93. The van der Waals surface area contributed by atoms with Crippen LogP contribution in [0.25, 0.3) is 0 Å². The van der Waals surface area contributed by atoms with Crippen molar-refractivity contribution in [3.05, 3.63) is 30.0 Å². The van der Waals surface area contributed by atoms with Crippen molar-refractivity contribution in [3.63, 3.8) is 0 Å². The van der Waals surface area contributed by atoms with Gasteiger partial charge < -0.3 is 10.3 Å². The van der Waals surface area contributed by atoms with E-state index in [4.69, 9.17) is 0 Å². The SMILES string of the molecule is C=C(NCCc1nc[nH]c1C)C(C)(C)C. The van der Waals surface area contributed by atoms with Gasteiger partial charge in [-0.1, -0.05) is 27.4 Å². The molecule has 2 N–H and O–H groups in total. The molecule has 0 unspecified atom stereocenters. The van der Waals surface area contributed by atoms with Crippen LogP contribution >= 0.6 is 0 Å². The smallest absolute Gasteiger partial charge is 0.0925 e. The molecule has 0 saturated heterocycles. The Labute approximate surface area is 92.0 Å². The summed E-state index contributed by atoms with van der Waals surface area (Å²) in [4.78, 5) is 7.33. The van der Waals surface area contributed by atoms with Crippen LogP contribution in [0.4, 0.5) is 0 Å². The zero-order chi connectivity index (χ0) is 11.5. The van der Waals surface area contributed by atoms with Gasteiger partial charge in [0.05, 0.1) is 12.0 Å². The first-order valence-corrected chi connectivity index (χ1v) is 5.33. The number of aromatic nitrogens is 2. The molecule has 0 radical (unpaired) electrons. The fraction of sp³-hybridized carbons (Fsp3) is 0.583. The lowest BCUT2D eigenvalue weighted by Gasteiger charge is -2.23. The van der Waals surface area contributed by atoms with E-state index in [1.807, 2.05) is 6.92 Å². The number of aromatic amines is 1. The van der Waals surface area contributed by atoms with Crippen LogP contribution in [0.15, 0.2) is 18.6 Å². The second kappa shape index (κ2) is 4.51. The predicted molar refractivity (Wildman–Crippen MR) is 63.6 cm³/mol. The summed E-state index contributed by atoms with van der Waals surface area (Å²) in [5, 5.41) is 3.34. The first-order valence-electron chi connectivity index (χ1n) is 5.33. The zero-order valence-electron chi connectivity index (χ0n) is 10.1. The third-order valence-corrected chi connectivity index (χ3v) is 2.54. The van der Waals surface area contributed by atoms with E-state index in [-0.39, 0.29) is 5.41 Å². The molecule has 84 valence electrons. The molecule has 0 spiro atoms. The van der Waals surface area contributed by atoms with E-state index in [9.17, 15) is 0 Å². The maximum Gasteiger partial charge on any atom is 0.0925 e. The summed E-state index contributed by atoms with van der Waals surface area (Å²) in [6.07, 6.45) is 2.67. The van der Waals surface area contributed by atoms with Gasteiger partial charge >= 0.3 is 0 Å². The normalized spacial score (nSPS) is 11.5.